The van der Waals surface area contributed by atoms with Gasteiger partial charge in [-0.1, -0.05) is 6.92 Å². The Morgan fingerprint density at radius 1 is 1.53 bits per heavy atom. The summed E-state index contributed by atoms with van der Waals surface area (Å²) < 4.78 is 0. The van der Waals surface area contributed by atoms with Gasteiger partial charge in [0.25, 0.3) is 0 Å². The van der Waals surface area contributed by atoms with Gasteiger partial charge in [-0.3, -0.25) is 4.79 Å². The van der Waals surface area contributed by atoms with Gasteiger partial charge < -0.3 is 11.1 Å². The molecule has 0 spiro atoms. The highest BCUT2D eigenvalue weighted by Gasteiger charge is 2.17. The fourth-order valence-corrected chi connectivity index (χ4v) is 2.88. The van der Waals surface area contributed by atoms with Crippen LogP contribution in [0.3, 0.4) is 0 Å². The van der Waals surface area contributed by atoms with Crippen molar-refractivity contribution in [2.45, 2.75) is 38.6 Å². The predicted molar refractivity (Wildman–Crippen MR) is 65.9 cm³/mol. The van der Waals surface area contributed by atoms with E-state index in [9.17, 15) is 4.79 Å². The normalized spacial score (nSPS) is 19.9. The Hall–Kier alpha value is -0.220. The Morgan fingerprint density at radius 3 is 2.80 bits per heavy atom. The lowest BCUT2D eigenvalue weighted by molar-refractivity contribution is -0.122. The van der Waals surface area contributed by atoms with Crippen molar-refractivity contribution in [2.24, 2.45) is 11.7 Å². The zero-order valence-electron chi connectivity index (χ0n) is 9.50. The largest absolute Gasteiger partial charge is 0.355 e. The second-order valence-electron chi connectivity index (χ2n) is 4.23. The van der Waals surface area contributed by atoms with E-state index in [2.05, 4.69) is 5.32 Å². The van der Waals surface area contributed by atoms with Crippen molar-refractivity contribution in [3.05, 3.63) is 0 Å². The zero-order chi connectivity index (χ0) is 11.1. The first-order chi connectivity index (χ1) is 7.22. The summed E-state index contributed by atoms with van der Waals surface area (Å²) in [6, 6.07) is 0.107. The summed E-state index contributed by atoms with van der Waals surface area (Å²) in [6.45, 7) is 2.66. The van der Waals surface area contributed by atoms with Gasteiger partial charge in [0, 0.05) is 19.0 Å². The molecule has 0 aromatic carbocycles. The van der Waals surface area contributed by atoms with Gasteiger partial charge in [0.05, 0.1) is 0 Å². The molecule has 0 radical (unpaired) electrons. The Bertz CT molecular complexity index is 193. The number of carbonyl (C=O) groups is 1. The lowest BCUT2D eigenvalue weighted by Gasteiger charge is -2.21. The lowest BCUT2D eigenvalue weighted by atomic mass is 9.98. The summed E-state index contributed by atoms with van der Waals surface area (Å²) in [5.41, 5.74) is 5.74. The molecule has 0 aliphatic carbocycles. The van der Waals surface area contributed by atoms with Crippen molar-refractivity contribution >= 4 is 17.7 Å². The van der Waals surface area contributed by atoms with Crippen LogP contribution in [0.5, 0.6) is 0 Å². The van der Waals surface area contributed by atoms with Crippen LogP contribution in [0.25, 0.3) is 0 Å². The van der Waals surface area contributed by atoms with Crippen molar-refractivity contribution in [1.82, 2.24) is 5.32 Å². The average molecular weight is 230 g/mol. The van der Waals surface area contributed by atoms with Crippen molar-refractivity contribution in [3.8, 4) is 0 Å². The Labute approximate surface area is 96.6 Å². The standard InChI is InChI=1S/C11H22N2OS/c1-2-10(12)8-13-11(14)7-9-3-5-15-6-4-9/h9-10H,2-8,12H2,1H3,(H,13,14). The molecule has 1 atom stereocenters. The van der Waals surface area contributed by atoms with Crippen LogP contribution in [-0.2, 0) is 4.79 Å². The molecule has 88 valence electrons. The van der Waals surface area contributed by atoms with E-state index >= 15 is 0 Å². The minimum absolute atomic E-state index is 0.107. The lowest BCUT2D eigenvalue weighted by Crippen LogP contribution is -2.37. The smallest absolute Gasteiger partial charge is 0.220 e. The first-order valence-electron chi connectivity index (χ1n) is 5.82. The Balaban J connectivity index is 2.11. The van der Waals surface area contributed by atoms with Gasteiger partial charge in [0.1, 0.15) is 0 Å². The SMILES string of the molecule is CCC(N)CNC(=O)CC1CCSCC1. The number of rotatable bonds is 5. The molecule has 1 saturated heterocycles. The molecule has 1 heterocycles. The van der Waals surface area contributed by atoms with E-state index in [1.54, 1.807) is 0 Å². The molecule has 0 bridgehead atoms. The Morgan fingerprint density at radius 2 is 2.20 bits per heavy atom. The number of hydrogen-bond donors (Lipinski definition) is 2. The first kappa shape index (κ1) is 12.8. The van der Waals surface area contributed by atoms with Crippen LogP contribution in [0, 0.1) is 5.92 Å². The maximum absolute atomic E-state index is 11.6. The molecule has 1 fully saturated rings. The molecule has 1 unspecified atom stereocenters. The molecule has 3 N–H and O–H groups in total. The molecule has 4 heteroatoms. The van der Waals surface area contributed by atoms with Crippen molar-refractivity contribution in [2.75, 3.05) is 18.1 Å². The number of carbonyl (C=O) groups excluding carboxylic acids is 1. The van der Waals surface area contributed by atoms with Crippen LogP contribution in [0.2, 0.25) is 0 Å². The minimum atomic E-state index is 0.107. The van der Waals surface area contributed by atoms with E-state index in [1.165, 1.54) is 24.3 Å². The summed E-state index contributed by atoms with van der Waals surface area (Å²) >= 11 is 2.00. The van der Waals surface area contributed by atoms with Crippen LogP contribution in [0.15, 0.2) is 0 Å². The van der Waals surface area contributed by atoms with E-state index < -0.39 is 0 Å². The third-order valence-corrected chi connectivity index (χ3v) is 3.95. The van der Waals surface area contributed by atoms with Crippen LogP contribution in [0.1, 0.15) is 32.6 Å². The van der Waals surface area contributed by atoms with Gasteiger partial charge in [-0.2, -0.15) is 11.8 Å². The zero-order valence-corrected chi connectivity index (χ0v) is 10.3. The molecule has 15 heavy (non-hydrogen) atoms. The van der Waals surface area contributed by atoms with E-state index in [4.69, 9.17) is 5.73 Å². The topological polar surface area (TPSA) is 55.1 Å². The van der Waals surface area contributed by atoms with Crippen LogP contribution < -0.4 is 11.1 Å². The maximum Gasteiger partial charge on any atom is 0.220 e. The molecular formula is C11H22N2OS. The molecule has 0 saturated carbocycles. The monoisotopic (exact) mass is 230 g/mol. The third-order valence-electron chi connectivity index (χ3n) is 2.90. The maximum atomic E-state index is 11.6. The molecular weight excluding hydrogens is 208 g/mol. The third kappa shape index (κ3) is 5.42. The van der Waals surface area contributed by atoms with Gasteiger partial charge >= 0.3 is 0 Å². The molecule has 0 aromatic heterocycles. The number of hydrogen-bond acceptors (Lipinski definition) is 3. The van der Waals surface area contributed by atoms with Gasteiger partial charge in [0.2, 0.25) is 5.91 Å². The van der Waals surface area contributed by atoms with Crippen molar-refractivity contribution in [1.29, 1.82) is 0 Å². The first-order valence-corrected chi connectivity index (χ1v) is 6.97. The van der Waals surface area contributed by atoms with Crippen LogP contribution >= 0.6 is 11.8 Å². The summed E-state index contributed by atoms with van der Waals surface area (Å²) in [7, 11) is 0. The van der Waals surface area contributed by atoms with E-state index in [0.29, 0.717) is 18.9 Å². The number of amides is 1. The molecule has 1 amide bonds. The van der Waals surface area contributed by atoms with Crippen molar-refractivity contribution < 1.29 is 4.79 Å². The summed E-state index contributed by atoms with van der Waals surface area (Å²) in [5, 5.41) is 2.91. The van der Waals surface area contributed by atoms with Crippen LogP contribution in [0.4, 0.5) is 0 Å². The second-order valence-corrected chi connectivity index (χ2v) is 5.46. The van der Waals surface area contributed by atoms with Gasteiger partial charge in [-0.25, -0.2) is 0 Å². The highest BCUT2D eigenvalue weighted by Crippen LogP contribution is 2.24. The van der Waals surface area contributed by atoms with E-state index in [0.717, 1.165) is 6.42 Å². The Kier molecular flexibility index (Phi) is 6.10. The molecule has 1 rings (SSSR count). The second kappa shape index (κ2) is 7.12. The summed E-state index contributed by atoms with van der Waals surface area (Å²) in [5.74, 6) is 3.21. The minimum Gasteiger partial charge on any atom is -0.355 e. The average Bonchev–Trinajstić information content (AvgIpc) is 2.27. The highest BCUT2D eigenvalue weighted by atomic mass is 32.2. The fraction of sp³-hybridized carbons (Fsp3) is 0.909. The van der Waals surface area contributed by atoms with Gasteiger partial charge in [-0.15, -0.1) is 0 Å². The van der Waals surface area contributed by atoms with Crippen molar-refractivity contribution in [3.63, 3.8) is 0 Å². The quantitative estimate of drug-likeness (QED) is 0.750. The fourth-order valence-electron chi connectivity index (χ4n) is 1.67. The molecule has 1 aliphatic heterocycles. The molecule has 1 aliphatic rings. The number of nitrogens with one attached hydrogen (secondary N) is 1. The molecule has 3 nitrogen and oxygen atoms in total. The number of thioether (sulfide) groups is 1. The van der Waals surface area contributed by atoms with Crippen LogP contribution in [-0.4, -0.2) is 30.0 Å². The van der Waals surface area contributed by atoms with E-state index in [-0.39, 0.29) is 11.9 Å². The summed E-state index contributed by atoms with van der Waals surface area (Å²) in [6.07, 6.45) is 3.99. The van der Waals surface area contributed by atoms with E-state index in [1.807, 2.05) is 18.7 Å². The predicted octanol–water partition coefficient (Wildman–Crippen LogP) is 1.37. The van der Waals surface area contributed by atoms with Gasteiger partial charge in [0.15, 0.2) is 0 Å². The number of nitrogens with two attached hydrogens (primary N) is 1. The summed E-state index contributed by atoms with van der Waals surface area (Å²) in [4.78, 5) is 11.6. The highest BCUT2D eigenvalue weighted by molar-refractivity contribution is 7.99. The molecule has 0 aromatic rings. The van der Waals surface area contributed by atoms with Gasteiger partial charge in [-0.05, 0) is 36.7 Å².